The van der Waals surface area contributed by atoms with Gasteiger partial charge in [-0.25, -0.2) is 9.18 Å². The summed E-state index contributed by atoms with van der Waals surface area (Å²) in [7, 11) is 0. The number of nitrogens with one attached hydrogen (secondary N) is 1. The van der Waals surface area contributed by atoms with Crippen LogP contribution >= 0.6 is 0 Å². The van der Waals surface area contributed by atoms with Gasteiger partial charge in [0.1, 0.15) is 5.82 Å². The molecule has 3 aromatic rings. The Morgan fingerprint density at radius 2 is 1.83 bits per heavy atom. The zero-order chi connectivity index (χ0) is 16.9. The van der Waals surface area contributed by atoms with Gasteiger partial charge in [-0.2, -0.15) is 0 Å². The maximum Gasteiger partial charge on any atom is 0.338 e. The Hall–Kier alpha value is -3.21. The minimum atomic E-state index is -1.28. The van der Waals surface area contributed by atoms with Crippen molar-refractivity contribution < 1.29 is 14.3 Å². The van der Waals surface area contributed by atoms with E-state index in [1.165, 1.54) is 12.1 Å². The van der Waals surface area contributed by atoms with E-state index in [1.807, 2.05) is 36.4 Å². The van der Waals surface area contributed by atoms with Crippen molar-refractivity contribution in [1.29, 1.82) is 0 Å². The summed E-state index contributed by atoms with van der Waals surface area (Å²) in [6.07, 6.45) is 3.48. The lowest BCUT2D eigenvalue weighted by Gasteiger charge is -2.09. The number of hydrogen-bond donors (Lipinski definition) is 2. The fourth-order valence-corrected chi connectivity index (χ4v) is 2.41. The van der Waals surface area contributed by atoms with E-state index in [2.05, 4.69) is 10.3 Å². The summed E-state index contributed by atoms with van der Waals surface area (Å²) in [4.78, 5) is 15.0. The topological polar surface area (TPSA) is 62.2 Å². The van der Waals surface area contributed by atoms with Gasteiger partial charge in [-0.05, 0) is 53.1 Å². The number of nitrogens with zero attached hydrogens (tertiary/aromatic N) is 1. The minimum absolute atomic E-state index is 0.342. The Bertz CT molecular complexity index is 866. The molecule has 3 rings (SSSR count). The predicted molar refractivity (Wildman–Crippen MR) is 90.4 cm³/mol. The van der Waals surface area contributed by atoms with Gasteiger partial charge in [0, 0.05) is 24.6 Å². The van der Waals surface area contributed by atoms with Crippen LogP contribution in [-0.2, 0) is 6.54 Å². The number of aromatic nitrogens is 1. The molecule has 0 saturated carbocycles. The third-order valence-electron chi connectivity index (χ3n) is 3.63. The Labute approximate surface area is 138 Å². The van der Waals surface area contributed by atoms with Crippen molar-refractivity contribution in [3.8, 4) is 11.1 Å². The third kappa shape index (κ3) is 3.57. The number of carboxylic acids is 1. The highest BCUT2D eigenvalue weighted by molar-refractivity contribution is 5.89. The number of aromatic carboxylic acids is 1. The Morgan fingerprint density at radius 1 is 1.04 bits per heavy atom. The summed E-state index contributed by atoms with van der Waals surface area (Å²) in [6, 6.07) is 15.8. The number of carboxylic acid groups (broad SMARTS) is 1. The minimum Gasteiger partial charge on any atom is -0.478 e. The van der Waals surface area contributed by atoms with Gasteiger partial charge in [0.15, 0.2) is 0 Å². The third-order valence-corrected chi connectivity index (χ3v) is 3.63. The van der Waals surface area contributed by atoms with Gasteiger partial charge < -0.3 is 10.4 Å². The van der Waals surface area contributed by atoms with E-state index in [1.54, 1.807) is 12.4 Å². The molecule has 1 aromatic heterocycles. The van der Waals surface area contributed by atoms with E-state index in [-0.39, 0.29) is 5.56 Å². The molecule has 0 aliphatic rings. The second-order valence-electron chi connectivity index (χ2n) is 5.29. The van der Waals surface area contributed by atoms with E-state index in [9.17, 15) is 9.18 Å². The van der Waals surface area contributed by atoms with Gasteiger partial charge in [0.05, 0.1) is 5.56 Å². The van der Waals surface area contributed by atoms with Crippen LogP contribution in [0.5, 0.6) is 0 Å². The number of anilines is 1. The normalized spacial score (nSPS) is 10.4. The summed E-state index contributed by atoms with van der Waals surface area (Å²) in [6.45, 7) is 0.504. The molecule has 0 radical (unpaired) electrons. The van der Waals surface area contributed by atoms with Gasteiger partial charge in [0.2, 0.25) is 0 Å². The van der Waals surface area contributed by atoms with Crippen LogP contribution in [0, 0.1) is 5.82 Å². The van der Waals surface area contributed by atoms with Crippen molar-refractivity contribution in [3.05, 3.63) is 83.9 Å². The SMILES string of the molecule is O=C(O)c1cc(NCc2cccc(-c3ccncc3)c2)ccc1F. The van der Waals surface area contributed by atoms with Crippen LogP contribution in [0.3, 0.4) is 0 Å². The zero-order valence-corrected chi connectivity index (χ0v) is 12.7. The number of rotatable bonds is 5. The van der Waals surface area contributed by atoms with Crippen LogP contribution in [-0.4, -0.2) is 16.1 Å². The number of carbonyl (C=O) groups is 1. The average molecular weight is 322 g/mol. The first kappa shape index (κ1) is 15.7. The molecule has 0 aliphatic heterocycles. The zero-order valence-electron chi connectivity index (χ0n) is 12.7. The van der Waals surface area contributed by atoms with E-state index >= 15 is 0 Å². The van der Waals surface area contributed by atoms with Crippen molar-refractivity contribution in [1.82, 2.24) is 4.98 Å². The summed E-state index contributed by atoms with van der Waals surface area (Å²) >= 11 is 0. The first-order chi connectivity index (χ1) is 11.6. The molecular weight excluding hydrogens is 307 g/mol. The number of pyridine rings is 1. The van der Waals surface area contributed by atoms with Gasteiger partial charge in [0.25, 0.3) is 0 Å². The number of benzene rings is 2. The molecule has 2 N–H and O–H groups in total. The van der Waals surface area contributed by atoms with Crippen molar-refractivity contribution in [2.45, 2.75) is 6.54 Å². The van der Waals surface area contributed by atoms with E-state index < -0.39 is 11.8 Å². The summed E-state index contributed by atoms with van der Waals surface area (Å²) in [5.41, 5.74) is 3.39. The summed E-state index contributed by atoms with van der Waals surface area (Å²) in [5, 5.41) is 12.1. The van der Waals surface area contributed by atoms with Gasteiger partial charge >= 0.3 is 5.97 Å². The maximum atomic E-state index is 13.4. The van der Waals surface area contributed by atoms with Crippen molar-refractivity contribution in [2.75, 3.05) is 5.32 Å². The highest BCUT2D eigenvalue weighted by Gasteiger charge is 2.10. The van der Waals surface area contributed by atoms with Gasteiger partial charge in [-0.15, -0.1) is 0 Å². The van der Waals surface area contributed by atoms with Crippen LogP contribution in [0.4, 0.5) is 10.1 Å². The molecule has 2 aromatic carbocycles. The highest BCUT2D eigenvalue weighted by Crippen LogP contribution is 2.21. The Balaban J connectivity index is 1.76. The lowest BCUT2D eigenvalue weighted by atomic mass is 10.0. The lowest BCUT2D eigenvalue weighted by molar-refractivity contribution is 0.0692. The van der Waals surface area contributed by atoms with Crippen molar-refractivity contribution in [2.24, 2.45) is 0 Å². The molecule has 24 heavy (non-hydrogen) atoms. The van der Waals surface area contributed by atoms with Crippen LogP contribution in [0.15, 0.2) is 67.0 Å². The summed E-state index contributed by atoms with van der Waals surface area (Å²) < 4.78 is 13.4. The predicted octanol–water partition coefficient (Wildman–Crippen LogP) is 4.20. The fourth-order valence-electron chi connectivity index (χ4n) is 2.41. The molecule has 0 saturated heterocycles. The second kappa shape index (κ2) is 6.91. The first-order valence-corrected chi connectivity index (χ1v) is 7.39. The molecule has 0 amide bonds. The van der Waals surface area contributed by atoms with Gasteiger partial charge in [-0.3, -0.25) is 4.98 Å². The molecule has 120 valence electrons. The Kier molecular flexibility index (Phi) is 4.52. The van der Waals surface area contributed by atoms with Crippen LogP contribution in [0.1, 0.15) is 15.9 Å². The molecule has 0 fully saturated rings. The standard InChI is InChI=1S/C19H15FN2O2/c20-18-5-4-16(11-17(18)19(23)24)22-12-13-2-1-3-15(10-13)14-6-8-21-9-7-14/h1-11,22H,12H2,(H,23,24). The molecular formula is C19H15FN2O2. The second-order valence-corrected chi connectivity index (χ2v) is 5.29. The first-order valence-electron chi connectivity index (χ1n) is 7.39. The molecule has 0 spiro atoms. The van der Waals surface area contributed by atoms with Crippen molar-refractivity contribution >= 4 is 11.7 Å². The number of hydrogen-bond acceptors (Lipinski definition) is 3. The van der Waals surface area contributed by atoms with Crippen LogP contribution in [0.25, 0.3) is 11.1 Å². The molecule has 5 heteroatoms. The van der Waals surface area contributed by atoms with E-state index in [4.69, 9.17) is 5.11 Å². The largest absolute Gasteiger partial charge is 0.478 e. The lowest BCUT2D eigenvalue weighted by Crippen LogP contribution is -2.04. The number of halogens is 1. The quantitative estimate of drug-likeness (QED) is 0.739. The molecule has 0 aliphatic carbocycles. The monoisotopic (exact) mass is 322 g/mol. The van der Waals surface area contributed by atoms with E-state index in [0.29, 0.717) is 12.2 Å². The molecule has 0 atom stereocenters. The van der Waals surface area contributed by atoms with Gasteiger partial charge in [-0.1, -0.05) is 18.2 Å². The van der Waals surface area contributed by atoms with Crippen LogP contribution in [0.2, 0.25) is 0 Å². The molecule has 0 unspecified atom stereocenters. The average Bonchev–Trinajstić information content (AvgIpc) is 2.62. The fraction of sp³-hybridized carbons (Fsp3) is 0.0526. The molecule has 1 heterocycles. The highest BCUT2D eigenvalue weighted by atomic mass is 19.1. The van der Waals surface area contributed by atoms with E-state index in [0.717, 1.165) is 22.8 Å². The van der Waals surface area contributed by atoms with Crippen LogP contribution < -0.4 is 5.32 Å². The molecule has 4 nitrogen and oxygen atoms in total. The summed E-state index contributed by atoms with van der Waals surface area (Å²) in [5.74, 6) is -2.02. The van der Waals surface area contributed by atoms with Crippen molar-refractivity contribution in [3.63, 3.8) is 0 Å². The smallest absolute Gasteiger partial charge is 0.338 e. The Morgan fingerprint density at radius 3 is 2.58 bits per heavy atom. The molecule has 0 bridgehead atoms. The maximum absolute atomic E-state index is 13.4.